The number of benzene rings is 1. The van der Waals surface area contributed by atoms with Gasteiger partial charge in [0.15, 0.2) is 5.82 Å². The molecule has 2 amide bonds. The van der Waals surface area contributed by atoms with E-state index in [1.54, 1.807) is 41.8 Å². The Morgan fingerprint density at radius 2 is 1.97 bits per heavy atom. The molecule has 1 unspecified atom stereocenters. The number of carbonyl (C=O) groups excluding carboxylic acids is 1. The van der Waals surface area contributed by atoms with E-state index < -0.39 is 12.1 Å². The number of nitrogens with two attached hydrogens (primary N) is 2. The lowest BCUT2D eigenvalue weighted by atomic mass is 10.1. The molecule has 0 aliphatic heterocycles. The van der Waals surface area contributed by atoms with E-state index in [-0.39, 0.29) is 0 Å². The van der Waals surface area contributed by atoms with Gasteiger partial charge in [-0.2, -0.15) is 5.10 Å². The molecular formula is C20H18BrN7O2. The first-order valence-electron chi connectivity index (χ1n) is 8.99. The van der Waals surface area contributed by atoms with Gasteiger partial charge in [-0.1, -0.05) is 18.2 Å². The van der Waals surface area contributed by atoms with E-state index in [2.05, 4.69) is 31.0 Å². The lowest BCUT2D eigenvalue weighted by molar-refractivity contribution is 0.192. The Hall–Kier alpha value is -3.50. The van der Waals surface area contributed by atoms with Gasteiger partial charge in [0.1, 0.15) is 22.3 Å². The van der Waals surface area contributed by atoms with Gasteiger partial charge in [-0.15, -0.1) is 0 Å². The summed E-state index contributed by atoms with van der Waals surface area (Å²) in [6, 6.07) is 13.6. The fraction of sp³-hybridized carbons (Fsp3) is 0.100. The number of aliphatic hydroxyl groups is 1. The molecule has 152 valence electrons. The molecule has 4 rings (SSSR count). The number of carbonyl (C=O) groups is 1. The molecule has 30 heavy (non-hydrogen) atoms. The first-order valence-corrected chi connectivity index (χ1v) is 9.79. The van der Waals surface area contributed by atoms with Crippen molar-refractivity contribution in [3.63, 3.8) is 0 Å². The molecule has 0 radical (unpaired) electrons. The number of aliphatic hydroxyl groups excluding tert-OH is 1. The molecule has 0 spiro atoms. The molecule has 0 saturated heterocycles. The second-order valence-corrected chi connectivity index (χ2v) is 7.42. The minimum absolute atomic E-state index is 0.299. The Morgan fingerprint density at radius 3 is 2.60 bits per heavy atom. The van der Waals surface area contributed by atoms with Gasteiger partial charge in [0.05, 0.1) is 17.5 Å². The molecule has 1 aromatic carbocycles. The summed E-state index contributed by atoms with van der Waals surface area (Å²) in [5.41, 5.74) is 15.0. The number of hydrogen-bond donors (Lipinski definition) is 3. The molecular weight excluding hydrogens is 450 g/mol. The van der Waals surface area contributed by atoms with Gasteiger partial charge >= 0.3 is 6.03 Å². The van der Waals surface area contributed by atoms with Crippen molar-refractivity contribution in [2.45, 2.75) is 13.0 Å². The number of primary amides is 1. The molecule has 5 N–H and O–H groups in total. The minimum atomic E-state index is -0.743. The van der Waals surface area contributed by atoms with Crippen LogP contribution in [0.25, 0.3) is 16.6 Å². The predicted octanol–water partition coefficient (Wildman–Crippen LogP) is 3.41. The summed E-state index contributed by atoms with van der Waals surface area (Å²) in [5.74, 6) is 0.695. The maximum Gasteiger partial charge on any atom is 0.325 e. The second kappa shape index (κ2) is 7.73. The first-order chi connectivity index (χ1) is 14.4. The fourth-order valence-corrected chi connectivity index (χ4v) is 3.63. The zero-order valence-corrected chi connectivity index (χ0v) is 17.5. The highest BCUT2D eigenvalue weighted by Gasteiger charge is 2.20. The summed E-state index contributed by atoms with van der Waals surface area (Å²) in [6.07, 6.45) is 0.601. The standard InChI is InChI=1S/C20H18BrN7O2/c1-11(29)15-9-14(18-19(22)24-10-25-28(15)18)12-5-7-13(8-6-12)27(20(23)30)17-4-2-3-16(21)26-17/h2-11,29H,1H3,(H2,23,30)(H2,22,24,25). The lowest BCUT2D eigenvalue weighted by Gasteiger charge is -2.20. The van der Waals surface area contributed by atoms with E-state index in [1.807, 2.05) is 18.2 Å². The smallest absolute Gasteiger partial charge is 0.325 e. The van der Waals surface area contributed by atoms with Crippen molar-refractivity contribution < 1.29 is 9.90 Å². The Kier molecular flexibility index (Phi) is 5.10. The number of pyridine rings is 1. The average molecular weight is 468 g/mol. The zero-order valence-electron chi connectivity index (χ0n) is 15.9. The third-order valence-electron chi connectivity index (χ3n) is 4.62. The summed E-state index contributed by atoms with van der Waals surface area (Å²) in [4.78, 5) is 21.8. The summed E-state index contributed by atoms with van der Waals surface area (Å²) >= 11 is 3.30. The van der Waals surface area contributed by atoms with E-state index in [0.29, 0.717) is 33.1 Å². The molecule has 1 atom stereocenters. The maximum atomic E-state index is 12.1. The number of halogens is 1. The first kappa shape index (κ1) is 19.8. The third-order valence-corrected chi connectivity index (χ3v) is 5.07. The van der Waals surface area contributed by atoms with E-state index >= 15 is 0 Å². The number of hydrogen-bond acceptors (Lipinski definition) is 6. The number of amides is 2. The van der Waals surface area contributed by atoms with Crippen LogP contribution < -0.4 is 16.4 Å². The van der Waals surface area contributed by atoms with E-state index in [0.717, 1.165) is 11.1 Å². The largest absolute Gasteiger partial charge is 0.387 e. The minimum Gasteiger partial charge on any atom is -0.387 e. The highest BCUT2D eigenvalue weighted by atomic mass is 79.9. The molecule has 0 aliphatic carbocycles. The highest BCUT2D eigenvalue weighted by Crippen LogP contribution is 2.34. The molecule has 0 bridgehead atoms. The van der Waals surface area contributed by atoms with Gasteiger partial charge in [0.25, 0.3) is 0 Å². The third kappa shape index (κ3) is 3.46. The zero-order chi connectivity index (χ0) is 21.4. The van der Waals surface area contributed by atoms with Crippen LogP contribution in [0, 0.1) is 0 Å². The number of aromatic nitrogens is 4. The maximum absolute atomic E-state index is 12.1. The quantitative estimate of drug-likeness (QED) is 0.393. The van der Waals surface area contributed by atoms with Crippen LogP contribution in [0.5, 0.6) is 0 Å². The van der Waals surface area contributed by atoms with Crippen LogP contribution in [0.1, 0.15) is 18.7 Å². The predicted molar refractivity (Wildman–Crippen MR) is 117 cm³/mol. The van der Waals surface area contributed by atoms with Crippen LogP contribution in [-0.2, 0) is 0 Å². The number of fused-ring (bicyclic) bond motifs is 1. The molecule has 0 saturated carbocycles. The number of rotatable bonds is 4. The van der Waals surface area contributed by atoms with Crippen molar-refractivity contribution in [1.29, 1.82) is 0 Å². The van der Waals surface area contributed by atoms with Crippen molar-refractivity contribution in [2.75, 3.05) is 10.6 Å². The van der Waals surface area contributed by atoms with Crippen LogP contribution in [-0.4, -0.2) is 30.7 Å². The van der Waals surface area contributed by atoms with Crippen LogP contribution >= 0.6 is 15.9 Å². The van der Waals surface area contributed by atoms with Gasteiger partial charge in [-0.05, 0) is 58.7 Å². The van der Waals surface area contributed by atoms with E-state index in [9.17, 15) is 9.90 Å². The normalized spacial score (nSPS) is 12.1. The molecule has 0 aliphatic rings. The number of urea groups is 1. The summed E-state index contributed by atoms with van der Waals surface area (Å²) in [6.45, 7) is 1.66. The number of nitrogen functional groups attached to an aromatic ring is 1. The number of anilines is 3. The Morgan fingerprint density at radius 1 is 1.23 bits per heavy atom. The SMILES string of the molecule is CC(O)c1cc(-c2ccc(N(C(N)=O)c3cccc(Br)n3)cc2)c2c(N)ncnn12. The average Bonchev–Trinajstić information content (AvgIpc) is 3.10. The molecule has 3 aromatic heterocycles. The molecule has 0 fully saturated rings. The lowest BCUT2D eigenvalue weighted by Crippen LogP contribution is -2.32. The van der Waals surface area contributed by atoms with Crippen molar-refractivity contribution in [1.82, 2.24) is 19.6 Å². The van der Waals surface area contributed by atoms with Gasteiger partial charge in [0.2, 0.25) is 0 Å². The van der Waals surface area contributed by atoms with E-state index in [1.165, 1.54) is 11.2 Å². The van der Waals surface area contributed by atoms with Crippen LogP contribution in [0.3, 0.4) is 0 Å². The number of nitrogens with zero attached hydrogens (tertiary/aromatic N) is 5. The van der Waals surface area contributed by atoms with Crippen LogP contribution in [0.4, 0.5) is 22.1 Å². The molecule has 9 nitrogen and oxygen atoms in total. The second-order valence-electron chi connectivity index (χ2n) is 6.60. The highest BCUT2D eigenvalue weighted by molar-refractivity contribution is 9.10. The van der Waals surface area contributed by atoms with Gasteiger partial charge in [0, 0.05) is 5.56 Å². The van der Waals surface area contributed by atoms with Crippen molar-refractivity contribution in [2.24, 2.45) is 5.73 Å². The topological polar surface area (TPSA) is 136 Å². The van der Waals surface area contributed by atoms with Gasteiger partial charge in [-0.25, -0.2) is 24.2 Å². The van der Waals surface area contributed by atoms with Crippen LogP contribution in [0.2, 0.25) is 0 Å². The Balaban J connectivity index is 1.80. The summed E-state index contributed by atoms with van der Waals surface area (Å²) < 4.78 is 2.17. The fourth-order valence-electron chi connectivity index (χ4n) is 3.29. The van der Waals surface area contributed by atoms with Gasteiger partial charge < -0.3 is 16.6 Å². The summed E-state index contributed by atoms with van der Waals surface area (Å²) in [7, 11) is 0. The van der Waals surface area contributed by atoms with Crippen molar-refractivity contribution >= 4 is 44.8 Å². The Labute approximate surface area is 180 Å². The van der Waals surface area contributed by atoms with Crippen LogP contribution in [0.15, 0.2) is 59.5 Å². The molecule has 4 aromatic rings. The molecule has 10 heteroatoms. The molecule has 3 heterocycles. The Bertz CT molecular complexity index is 1240. The monoisotopic (exact) mass is 467 g/mol. The van der Waals surface area contributed by atoms with Gasteiger partial charge in [-0.3, -0.25) is 0 Å². The van der Waals surface area contributed by atoms with Crippen molar-refractivity contribution in [3.8, 4) is 11.1 Å². The summed E-state index contributed by atoms with van der Waals surface area (Å²) in [5, 5.41) is 14.3. The van der Waals surface area contributed by atoms with E-state index in [4.69, 9.17) is 11.5 Å². The van der Waals surface area contributed by atoms with Crippen molar-refractivity contribution in [3.05, 3.63) is 65.2 Å².